The molecule has 0 atom stereocenters. The van der Waals surface area contributed by atoms with Crippen molar-refractivity contribution in [3.63, 3.8) is 0 Å². The highest BCUT2D eigenvalue weighted by Crippen LogP contribution is 2.39. The van der Waals surface area contributed by atoms with Crippen LogP contribution in [0.2, 0.25) is 0 Å². The van der Waals surface area contributed by atoms with E-state index >= 15 is 0 Å². The smallest absolute Gasteiger partial charge is 0.260 e. The average Bonchev–Trinajstić information content (AvgIpc) is 3.13. The van der Waals surface area contributed by atoms with Crippen molar-refractivity contribution in [2.75, 3.05) is 0 Å². The van der Waals surface area contributed by atoms with Gasteiger partial charge in [0, 0.05) is 17.3 Å². The molecule has 0 unspecified atom stereocenters. The molecule has 4 heterocycles. The van der Waals surface area contributed by atoms with Gasteiger partial charge in [0.2, 0.25) is 0 Å². The molecule has 0 saturated carbocycles. The maximum atomic E-state index is 7.98. The molecule has 0 amide bonds. The molecular formula is C16H12N3S+. The van der Waals surface area contributed by atoms with Crippen LogP contribution >= 0.6 is 11.3 Å². The van der Waals surface area contributed by atoms with Crippen LogP contribution in [0.1, 0.15) is 9.68 Å². The third-order valence-electron chi connectivity index (χ3n) is 3.98. The van der Waals surface area contributed by atoms with E-state index in [1.807, 2.05) is 18.2 Å². The van der Waals surface area contributed by atoms with Gasteiger partial charge in [0.15, 0.2) is 10.5 Å². The van der Waals surface area contributed by atoms with Gasteiger partial charge in [-0.1, -0.05) is 29.5 Å². The second-order valence-corrected chi connectivity index (χ2v) is 6.03. The normalized spacial score (nSPS) is 15.9. The molecule has 3 nitrogen and oxygen atoms in total. The third-order valence-corrected chi connectivity index (χ3v) is 5.22. The van der Waals surface area contributed by atoms with E-state index in [1.165, 1.54) is 15.7 Å². The number of hydrogen-bond donors (Lipinski definition) is 0. The lowest BCUT2D eigenvalue weighted by molar-refractivity contribution is -0.644. The van der Waals surface area contributed by atoms with Crippen LogP contribution in [-0.4, -0.2) is 9.55 Å². The molecule has 5 rings (SSSR count). The highest BCUT2D eigenvalue weighted by atomic mass is 32.1. The summed E-state index contributed by atoms with van der Waals surface area (Å²) in [6.07, 6.45) is 3.36. The summed E-state index contributed by atoms with van der Waals surface area (Å²) >= 11 is 1.66. The topological polar surface area (TPSA) is 21.7 Å². The van der Waals surface area contributed by atoms with E-state index in [0.29, 0.717) is 12.1 Å². The van der Waals surface area contributed by atoms with Crippen LogP contribution in [0.5, 0.6) is 0 Å². The molecule has 1 aromatic carbocycles. The van der Waals surface area contributed by atoms with Crippen molar-refractivity contribution >= 4 is 32.6 Å². The van der Waals surface area contributed by atoms with Crippen LogP contribution in [0.15, 0.2) is 42.7 Å². The molecule has 0 radical (unpaired) electrons. The Balaban J connectivity index is 1.97. The first-order valence-corrected chi connectivity index (χ1v) is 7.27. The largest absolute Gasteiger partial charge is 0.301 e. The Morgan fingerprint density at radius 2 is 2.30 bits per heavy atom. The number of fused-ring (bicyclic) bond motifs is 7. The summed E-state index contributed by atoms with van der Waals surface area (Å²) in [5.74, 6) is 0. The van der Waals surface area contributed by atoms with E-state index in [4.69, 9.17) is 4.11 Å². The quantitative estimate of drug-likeness (QED) is 0.400. The van der Waals surface area contributed by atoms with Crippen LogP contribution in [0.3, 0.4) is 0 Å². The molecule has 0 bridgehead atoms. The van der Waals surface area contributed by atoms with Crippen LogP contribution < -0.4 is 4.57 Å². The van der Waals surface area contributed by atoms with Gasteiger partial charge in [0.1, 0.15) is 11.2 Å². The Labute approximate surface area is 123 Å². The summed E-state index contributed by atoms with van der Waals surface area (Å²) < 4.78 is 28.5. The molecular weight excluding hydrogens is 266 g/mol. The predicted octanol–water partition coefficient (Wildman–Crippen LogP) is 3.10. The minimum atomic E-state index is -2.24. The van der Waals surface area contributed by atoms with Gasteiger partial charge in [-0.05, 0) is 12.1 Å². The van der Waals surface area contributed by atoms with Crippen LogP contribution in [0.4, 0.5) is 0 Å². The maximum Gasteiger partial charge on any atom is 0.301 e. The molecule has 0 saturated heterocycles. The summed E-state index contributed by atoms with van der Waals surface area (Å²) in [6.45, 7) is -1.52. The second kappa shape index (κ2) is 3.46. The fourth-order valence-electron chi connectivity index (χ4n) is 3.07. The van der Waals surface area contributed by atoms with Crippen molar-refractivity contribution in [2.45, 2.75) is 6.54 Å². The van der Waals surface area contributed by atoms with E-state index in [0.717, 1.165) is 20.7 Å². The molecule has 1 aliphatic rings. The molecule has 4 aromatic rings. The van der Waals surface area contributed by atoms with Crippen molar-refractivity contribution in [2.24, 2.45) is 6.98 Å². The van der Waals surface area contributed by atoms with Gasteiger partial charge in [-0.15, -0.1) is 0 Å². The number of pyridine rings is 1. The van der Waals surface area contributed by atoms with Crippen LogP contribution in [0.25, 0.3) is 31.8 Å². The lowest BCUT2D eigenvalue weighted by Gasteiger charge is -1.93. The Kier molecular flexibility index (Phi) is 1.41. The van der Waals surface area contributed by atoms with Gasteiger partial charge in [0.05, 0.1) is 22.7 Å². The fourth-order valence-corrected chi connectivity index (χ4v) is 4.41. The number of nitrogens with zero attached hydrogens (tertiary/aromatic N) is 3. The summed E-state index contributed by atoms with van der Waals surface area (Å²) in [5.41, 5.74) is 3.87. The molecule has 96 valence electrons. The zero-order valence-electron chi connectivity index (χ0n) is 13.5. The number of hydrogen-bond acceptors (Lipinski definition) is 2. The SMILES string of the molecule is [2H]C([2H])([2H])n1c2cnccc2c2sc3[n+](c21)Cc1ccccc1-3. The Morgan fingerprint density at radius 1 is 1.35 bits per heavy atom. The van der Waals surface area contributed by atoms with Gasteiger partial charge in [-0.2, -0.15) is 0 Å². The number of aromatic nitrogens is 3. The summed E-state index contributed by atoms with van der Waals surface area (Å²) in [6, 6.07) is 10.2. The van der Waals surface area contributed by atoms with Gasteiger partial charge in [-0.3, -0.25) is 4.98 Å². The van der Waals surface area contributed by atoms with Crippen molar-refractivity contribution in [3.8, 4) is 10.6 Å². The second-order valence-electron chi connectivity index (χ2n) is 5.03. The molecule has 0 aliphatic carbocycles. The fraction of sp³-hybridized carbons (Fsp3) is 0.125. The number of thiazole rings is 1. The number of aryl methyl sites for hydroxylation is 1. The van der Waals surface area contributed by atoms with E-state index in [9.17, 15) is 0 Å². The molecule has 3 aromatic heterocycles. The third kappa shape index (κ3) is 1.11. The van der Waals surface area contributed by atoms with E-state index in [-0.39, 0.29) is 0 Å². The molecule has 4 heteroatoms. The average molecular weight is 281 g/mol. The Hall–Kier alpha value is -2.20. The lowest BCUT2D eigenvalue weighted by atomic mass is 10.1. The van der Waals surface area contributed by atoms with Gasteiger partial charge >= 0.3 is 5.65 Å². The molecule has 0 spiro atoms. The van der Waals surface area contributed by atoms with Crippen LogP contribution in [-0.2, 0) is 13.5 Å². The minimum Gasteiger partial charge on any atom is -0.260 e. The molecule has 20 heavy (non-hydrogen) atoms. The highest BCUT2D eigenvalue weighted by Gasteiger charge is 2.31. The van der Waals surface area contributed by atoms with Crippen molar-refractivity contribution in [3.05, 3.63) is 48.3 Å². The standard InChI is InChI=1S/C16H12N3S/c1-18-13-8-17-7-6-12(13)14-15(18)19-9-10-4-2-3-5-11(10)16(19)20-14/h2-8H,9H2,1H3/q+1/i1D3. The van der Waals surface area contributed by atoms with Gasteiger partial charge in [-0.25, -0.2) is 9.13 Å². The van der Waals surface area contributed by atoms with Crippen molar-refractivity contribution in [1.82, 2.24) is 9.55 Å². The first-order chi connectivity index (χ1) is 11.1. The molecule has 1 aliphatic heterocycles. The first kappa shape index (κ1) is 8.17. The zero-order chi connectivity index (χ0) is 15.8. The van der Waals surface area contributed by atoms with Crippen molar-refractivity contribution in [1.29, 1.82) is 0 Å². The van der Waals surface area contributed by atoms with Gasteiger partial charge in [0.25, 0.3) is 0 Å². The highest BCUT2D eigenvalue weighted by molar-refractivity contribution is 7.22. The van der Waals surface area contributed by atoms with E-state index < -0.39 is 6.98 Å². The van der Waals surface area contributed by atoms with E-state index in [2.05, 4.69) is 21.7 Å². The number of rotatable bonds is 0. The molecule has 0 fully saturated rings. The maximum absolute atomic E-state index is 7.98. The Bertz CT molecular complexity index is 1090. The van der Waals surface area contributed by atoms with Gasteiger partial charge < -0.3 is 0 Å². The zero-order valence-corrected chi connectivity index (χ0v) is 11.3. The van der Waals surface area contributed by atoms with Crippen LogP contribution in [0, 0.1) is 0 Å². The predicted molar refractivity (Wildman–Crippen MR) is 80.8 cm³/mol. The monoisotopic (exact) mass is 281 g/mol. The lowest BCUT2D eigenvalue weighted by Crippen LogP contribution is -2.32. The number of benzene rings is 1. The van der Waals surface area contributed by atoms with Crippen molar-refractivity contribution < 1.29 is 8.68 Å². The summed E-state index contributed by atoms with van der Waals surface area (Å²) in [5, 5.41) is 2.08. The van der Waals surface area contributed by atoms with E-state index in [1.54, 1.807) is 23.7 Å². The Morgan fingerprint density at radius 3 is 3.25 bits per heavy atom. The summed E-state index contributed by atoms with van der Waals surface area (Å²) in [7, 11) is 0. The minimum absolute atomic E-state index is 0.667. The molecule has 0 N–H and O–H groups in total. The summed E-state index contributed by atoms with van der Waals surface area (Å²) in [4.78, 5) is 4.12. The first-order valence-electron chi connectivity index (χ1n) is 7.95.